The molecule has 0 bridgehead atoms. The first-order chi connectivity index (χ1) is 11.1. The van der Waals surface area contributed by atoms with Gasteiger partial charge in [0.05, 0.1) is 5.69 Å². The van der Waals surface area contributed by atoms with Crippen LogP contribution in [0, 0.1) is 6.92 Å². The second kappa shape index (κ2) is 6.39. The van der Waals surface area contributed by atoms with Crippen molar-refractivity contribution in [3.8, 4) is 5.75 Å². The van der Waals surface area contributed by atoms with Crippen molar-refractivity contribution in [1.29, 1.82) is 0 Å². The standard InChI is InChI=1S/C17H16N2O4/c1-11-15(16(18)23-19-11)17(20)22-9-8-21-14-7-6-12-4-2-3-5-13(12)10-14/h2-7,10H,8-9,18H2,1H3. The maximum Gasteiger partial charge on any atom is 0.345 e. The average molecular weight is 312 g/mol. The van der Waals surface area contributed by atoms with E-state index in [-0.39, 0.29) is 24.7 Å². The van der Waals surface area contributed by atoms with Crippen molar-refractivity contribution in [2.24, 2.45) is 0 Å². The SMILES string of the molecule is Cc1noc(N)c1C(=O)OCCOc1ccc2ccccc2c1. The molecule has 0 atom stereocenters. The molecule has 0 saturated heterocycles. The van der Waals surface area contributed by atoms with E-state index in [1.165, 1.54) is 0 Å². The summed E-state index contributed by atoms with van der Waals surface area (Å²) in [6, 6.07) is 13.8. The molecule has 118 valence electrons. The predicted octanol–water partition coefficient (Wildman–Crippen LogP) is 2.95. The number of benzene rings is 2. The Morgan fingerprint density at radius 1 is 1.17 bits per heavy atom. The van der Waals surface area contributed by atoms with Crippen LogP contribution in [-0.4, -0.2) is 24.3 Å². The van der Waals surface area contributed by atoms with E-state index in [2.05, 4.69) is 5.16 Å². The van der Waals surface area contributed by atoms with Gasteiger partial charge in [0.2, 0.25) is 5.88 Å². The zero-order valence-electron chi connectivity index (χ0n) is 12.6. The Bertz CT molecular complexity index is 822. The summed E-state index contributed by atoms with van der Waals surface area (Å²) in [6.07, 6.45) is 0. The van der Waals surface area contributed by atoms with E-state index >= 15 is 0 Å². The molecular formula is C17H16N2O4. The molecule has 0 saturated carbocycles. The lowest BCUT2D eigenvalue weighted by molar-refractivity contribution is 0.0450. The minimum atomic E-state index is -0.566. The second-order valence-electron chi connectivity index (χ2n) is 5.00. The lowest BCUT2D eigenvalue weighted by atomic mass is 10.1. The Kier molecular flexibility index (Phi) is 4.14. The number of carbonyl (C=O) groups excluding carboxylic acids is 1. The molecule has 0 amide bonds. The molecule has 0 radical (unpaired) electrons. The molecule has 23 heavy (non-hydrogen) atoms. The quantitative estimate of drug-likeness (QED) is 0.575. The molecule has 1 aromatic heterocycles. The van der Waals surface area contributed by atoms with Crippen molar-refractivity contribution >= 4 is 22.6 Å². The largest absolute Gasteiger partial charge is 0.490 e. The highest BCUT2D eigenvalue weighted by Gasteiger charge is 2.19. The Hall–Kier alpha value is -3.02. The van der Waals surface area contributed by atoms with Crippen molar-refractivity contribution in [3.05, 3.63) is 53.7 Å². The minimum absolute atomic E-state index is 0.0389. The fourth-order valence-corrected chi connectivity index (χ4v) is 2.26. The van der Waals surface area contributed by atoms with E-state index in [0.717, 1.165) is 16.5 Å². The first-order valence-corrected chi connectivity index (χ1v) is 7.15. The van der Waals surface area contributed by atoms with Gasteiger partial charge in [-0.05, 0) is 29.8 Å². The summed E-state index contributed by atoms with van der Waals surface area (Å²) in [5.41, 5.74) is 6.10. The smallest absolute Gasteiger partial charge is 0.345 e. The number of hydrogen-bond donors (Lipinski definition) is 1. The number of hydrogen-bond acceptors (Lipinski definition) is 6. The highest BCUT2D eigenvalue weighted by Crippen LogP contribution is 2.20. The van der Waals surface area contributed by atoms with Crippen molar-refractivity contribution < 1.29 is 18.8 Å². The highest BCUT2D eigenvalue weighted by molar-refractivity contribution is 5.94. The Morgan fingerprint density at radius 3 is 2.70 bits per heavy atom. The fraction of sp³-hybridized carbons (Fsp3) is 0.176. The normalized spacial score (nSPS) is 10.7. The molecule has 6 nitrogen and oxygen atoms in total. The molecule has 3 rings (SSSR count). The van der Waals surface area contributed by atoms with Gasteiger partial charge in [-0.1, -0.05) is 35.5 Å². The summed E-state index contributed by atoms with van der Waals surface area (Å²) in [4.78, 5) is 11.9. The second-order valence-corrected chi connectivity index (χ2v) is 5.00. The van der Waals surface area contributed by atoms with Crippen LogP contribution in [-0.2, 0) is 4.74 Å². The average Bonchev–Trinajstić information content (AvgIpc) is 2.90. The first kappa shape index (κ1) is 14.9. The van der Waals surface area contributed by atoms with Crippen LogP contribution >= 0.6 is 0 Å². The van der Waals surface area contributed by atoms with Crippen LogP contribution in [0.1, 0.15) is 16.1 Å². The van der Waals surface area contributed by atoms with Gasteiger partial charge in [-0.2, -0.15) is 0 Å². The van der Waals surface area contributed by atoms with Crippen LogP contribution in [0.25, 0.3) is 10.8 Å². The molecule has 1 heterocycles. The summed E-state index contributed by atoms with van der Waals surface area (Å²) in [5, 5.41) is 5.85. The van der Waals surface area contributed by atoms with Gasteiger partial charge in [-0.25, -0.2) is 4.79 Å². The number of nitrogen functional groups attached to an aromatic ring is 1. The van der Waals surface area contributed by atoms with E-state index in [4.69, 9.17) is 19.7 Å². The number of anilines is 1. The summed E-state index contributed by atoms with van der Waals surface area (Å²) in [6.45, 7) is 1.98. The Labute approximate surface area is 132 Å². The van der Waals surface area contributed by atoms with Gasteiger partial charge in [-0.3, -0.25) is 0 Å². The predicted molar refractivity (Wildman–Crippen MR) is 85.4 cm³/mol. The number of aromatic nitrogens is 1. The van der Waals surface area contributed by atoms with Gasteiger partial charge in [0.1, 0.15) is 24.5 Å². The molecule has 2 N–H and O–H groups in total. The number of esters is 1. The summed E-state index contributed by atoms with van der Waals surface area (Å²) in [7, 11) is 0. The van der Waals surface area contributed by atoms with Crippen molar-refractivity contribution in [1.82, 2.24) is 5.16 Å². The maximum absolute atomic E-state index is 11.9. The van der Waals surface area contributed by atoms with Crippen LogP contribution in [0.15, 0.2) is 47.0 Å². The maximum atomic E-state index is 11.9. The number of rotatable bonds is 5. The van der Waals surface area contributed by atoms with Gasteiger partial charge in [0.15, 0.2) is 0 Å². The van der Waals surface area contributed by atoms with Crippen molar-refractivity contribution in [2.45, 2.75) is 6.92 Å². The van der Waals surface area contributed by atoms with Gasteiger partial charge in [-0.15, -0.1) is 0 Å². The van der Waals surface area contributed by atoms with Gasteiger partial charge in [0.25, 0.3) is 0 Å². The molecule has 0 aliphatic heterocycles. The van der Waals surface area contributed by atoms with Crippen LogP contribution in [0.3, 0.4) is 0 Å². The van der Waals surface area contributed by atoms with Gasteiger partial charge < -0.3 is 19.7 Å². The lowest BCUT2D eigenvalue weighted by Gasteiger charge is -2.08. The van der Waals surface area contributed by atoms with E-state index in [0.29, 0.717) is 5.69 Å². The van der Waals surface area contributed by atoms with E-state index in [1.54, 1.807) is 6.92 Å². The topological polar surface area (TPSA) is 87.6 Å². The summed E-state index contributed by atoms with van der Waals surface area (Å²) < 4.78 is 15.4. The van der Waals surface area contributed by atoms with Crippen molar-refractivity contribution in [2.75, 3.05) is 18.9 Å². The third-order valence-corrected chi connectivity index (χ3v) is 3.40. The monoisotopic (exact) mass is 312 g/mol. The first-order valence-electron chi connectivity index (χ1n) is 7.15. The Balaban J connectivity index is 1.54. The van der Waals surface area contributed by atoms with Crippen LogP contribution in [0.4, 0.5) is 5.88 Å². The Morgan fingerprint density at radius 2 is 1.96 bits per heavy atom. The number of aryl methyl sites for hydroxylation is 1. The summed E-state index contributed by atoms with van der Waals surface area (Å²) >= 11 is 0. The van der Waals surface area contributed by atoms with E-state index in [1.807, 2.05) is 42.5 Å². The zero-order valence-corrected chi connectivity index (χ0v) is 12.6. The highest BCUT2D eigenvalue weighted by atomic mass is 16.6. The molecule has 2 aromatic carbocycles. The number of nitrogens with zero attached hydrogens (tertiary/aromatic N) is 1. The third-order valence-electron chi connectivity index (χ3n) is 3.40. The fourth-order valence-electron chi connectivity index (χ4n) is 2.26. The molecule has 0 unspecified atom stereocenters. The molecule has 0 fully saturated rings. The van der Waals surface area contributed by atoms with Crippen LogP contribution < -0.4 is 10.5 Å². The number of ether oxygens (including phenoxy) is 2. The molecule has 0 spiro atoms. The zero-order chi connectivity index (χ0) is 16.2. The summed E-state index contributed by atoms with van der Waals surface area (Å²) in [5.74, 6) is 0.117. The number of carbonyl (C=O) groups is 1. The number of fused-ring (bicyclic) bond motifs is 1. The van der Waals surface area contributed by atoms with E-state index < -0.39 is 5.97 Å². The molecule has 6 heteroatoms. The molecule has 0 aliphatic carbocycles. The molecule has 0 aliphatic rings. The minimum Gasteiger partial charge on any atom is -0.490 e. The van der Waals surface area contributed by atoms with Crippen LogP contribution in [0.5, 0.6) is 5.75 Å². The molecular weight excluding hydrogens is 296 g/mol. The van der Waals surface area contributed by atoms with Gasteiger partial charge in [0, 0.05) is 0 Å². The lowest BCUT2D eigenvalue weighted by Crippen LogP contribution is -2.13. The van der Waals surface area contributed by atoms with Crippen molar-refractivity contribution in [3.63, 3.8) is 0 Å². The van der Waals surface area contributed by atoms with Gasteiger partial charge >= 0.3 is 5.97 Å². The number of nitrogens with two attached hydrogens (primary N) is 1. The van der Waals surface area contributed by atoms with E-state index in [9.17, 15) is 4.79 Å². The third kappa shape index (κ3) is 3.26. The molecule has 3 aromatic rings. The van der Waals surface area contributed by atoms with Crippen LogP contribution in [0.2, 0.25) is 0 Å².